The van der Waals surface area contributed by atoms with Gasteiger partial charge in [0.25, 0.3) is 0 Å². The Morgan fingerprint density at radius 2 is 0.833 bits per heavy atom. The first-order valence-electron chi connectivity index (χ1n) is 5.41. The molecule has 1 atom stereocenters. The van der Waals surface area contributed by atoms with Crippen molar-refractivity contribution in [3.8, 4) is 0 Å². The standard InChI is InChI=1S/C11H20.H3P/c1-3-7-11(8-4-1)9-5-2-6-10-11;/h1-10H2;1H3. The maximum absolute atomic E-state index is 1.56. The van der Waals surface area contributed by atoms with Gasteiger partial charge in [0, 0.05) is 0 Å². The third-order valence-electron chi connectivity index (χ3n) is 3.83. The lowest BCUT2D eigenvalue weighted by atomic mass is 9.65. The Morgan fingerprint density at radius 3 is 1.17 bits per heavy atom. The van der Waals surface area contributed by atoms with Crippen molar-refractivity contribution >= 4 is 9.90 Å². The molecule has 0 aromatic rings. The van der Waals surface area contributed by atoms with Gasteiger partial charge in [-0.05, 0) is 31.1 Å². The third-order valence-corrected chi connectivity index (χ3v) is 3.83. The van der Waals surface area contributed by atoms with E-state index in [1.165, 1.54) is 38.5 Å². The first-order chi connectivity index (χ1) is 5.41. The van der Waals surface area contributed by atoms with Crippen LogP contribution in [0.2, 0.25) is 0 Å². The van der Waals surface area contributed by atoms with Gasteiger partial charge in [-0.15, -0.1) is 0 Å². The molecule has 1 spiro atoms. The predicted octanol–water partition coefficient (Wildman–Crippen LogP) is 3.96. The lowest BCUT2D eigenvalue weighted by molar-refractivity contribution is 0.124. The molecular weight excluding hydrogens is 163 g/mol. The minimum absolute atomic E-state index is 0. The van der Waals surface area contributed by atoms with Gasteiger partial charge >= 0.3 is 0 Å². The van der Waals surface area contributed by atoms with Crippen molar-refractivity contribution < 1.29 is 0 Å². The molecule has 0 aromatic heterocycles. The van der Waals surface area contributed by atoms with E-state index < -0.39 is 0 Å². The highest BCUT2D eigenvalue weighted by Gasteiger charge is 2.32. The molecule has 0 radical (unpaired) electrons. The van der Waals surface area contributed by atoms with Crippen molar-refractivity contribution in [2.24, 2.45) is 5.41 Å². The first kappa shape index (κ1) is 10.5. The summed E-state index contributed by atoms with van der Waals surface area (Å²) in [5.74, 6) is 0. The van der Waals surface area contributed by atoms with E-state index in [9.17, 15) is 0 Å². The molecule has 0 nitrogen and oxygen atoms in total. The molecule has 2 aliphatic rings. The van der Waals surface area contributed by atoms with Gasteiger partial charge in [-0.3, -0.25) is 0 Å². The number of hydrogen-bond donors (Lipinski definition) is 0. The van der Waals surface area contributed by atoms with Crippen LogP contribution < -0.4 is 0 Å². The maximum atomic E-state index is 1.56. The fourth-order valence-electron chi connectivity index (χ4n) is 3.10. The summed E-state index contributed by atoms with van der Waals surface area (Å²) in [4.78, 5) is 0. The second-order valence-corrected chi connectivity index (χ2v) is 4.62. The average molecular weight is 186 g/mol. The second-order valence-electron chi connectivity index (χ2n) is 4.62. The number of rotatable bonds is 0. The van der Waals surface area contributed by atoms with Crippen LogP contribution in [-0.2, 0) is 0 Å². The van der Waals surface area contributed by atoms with Gasteiger partial charge in [0.15, 0.2) is 0 Å². The minimum Gasteiger partial charge on any atom is -0.153 e. The van der Waals surface area contributed by atoms with Crippen LogP contribution in [0.4, 0.5) is 0 Å². The SMILES string of the molecule is C1CCC2(CC1)CCCCC2.P. The van der Waals surface area contributed by atoms with Crippen LogP contribution in [0.3, 0.4) is 0 Å². The predicted molar refractivity (Wildman–Crippen MR) is 59.7 cm³/mol. The van der Waals surface area contributed by atoms with Crippen molar-refractivity contribution in [3.63, 3.8) is 0 Å². The molecule has 2 fully saturated rings. The second kappa shape index (κ2) is 4.61. The lowest BCUT2D eigenvalue weighted by Crippen LogP contribution is -2.26. The molecule has 0 bridgehead atoms. The van der Waals surface area contributed by atoms with Gasteiger partial charge in [-0.2, -0.15) is 9.90 Å². The van der Waals surface area contributed by atoms with Crippen molar-refractivity contribution in [2.45, 2.75) is 64.2 Å². The molecule has 2 saturated carbocycles. The Morgan fingerprint density at radius 1 is 0.500 bits per heavy atom. The smallest absolute Gasteiger partial charge is 0.0297 e. The highest BCUT2D eigenvalue weighted by molar-refractivity contribution is 6.92. The molecule has 0 N–H and O–H groups in total. The van der Waals surface area contributed by atoms with Crippen LogP contribution in [0.25, 0.3) is 0 Å². The summed E-state index contributed by atoms with van der Waals surface area (Å²) in [5.41, 5.74) is 0.858. The van der Waals surface area contributed by atoms with Gasteiger partial charge in [0.2, 0.25) is 0 Å². The molecule has 1 unspecified atom stereocenters. The van der Waals surface area contributed by atoms with Crippen molar-refractivity contribution in [1.82, 2.24) is 0 Å². The Hall–Kier alpha value is 0.430. The zero-order chi connectivity index (χ0) is 7.57. The molecule has 0 aromatic carbocycles. The average Bonchev–Trinajstić information content (AvgIpc) is 2.07. The first-order valence-corrected chi connectivity index (χ1v) is 5.41. The van der Waals surface area contributed by atoms with E-state index in [1.54, 1.807) is 25.7 Å². The fraction of sp³-hybridized carbons (Fsp3) is 1.00. The summed E-state index contributed by atoms with van der Waals surface area (Å²) in [5, 5.41) is 0. The van der Waals surface area contributed by atoms with Crippen molar-refractivity contribution in [1.29, 1.82) is 0 Å². The molecule has 0 saturated heterocycles. The summed E-state index contributed by atoms with van der Waals surface area (Å²) < 4.78 is 0. The van der Waals surface area contributed by atoms with E-state index in [4.69, 9.17) is 0 Å². The third kappa shape index (κ3) is 2.22. The van der Waals surface area contributed by atoms with Crippen LogP contribution in [0, 0.1) is 5.41 Å². The van der Waals surface area contributed by atoms with Crippen molar-refractivity contribution in [2.75, 3.05) is 0 Å². The van der Waals surface area contributed by atoms with Gasteiger partial charge in [0.1, 0.15) is 0 Å². The van der Waals surface area contributed by atoms with Crippen molar-refractivity contribution in [3.05, 3.63) is 0 Å². The fourth-order valence-corrected chi connectivity index (χ4v) is 3.10. The maximum Gasteiger partial charge on any atom is -0.0297 e. The van der Waals surface area contributed by atoms with Gasteiger partial charge in [0.05, 0.1) is 0 Å². The molecule has 72 valence electrons. The van der Waals surface area contributed by atoms with E-state index in [2.05, 4.69) is 0 Å². The minimum atomic E-state index is 0. The van der Waals surface area contributed by atoms with E-state index in [-0.39, 0.29) is 9.90 Å². The molecule has 1 heteroatoms. The zero-order valence-electron chi connectivity index (χ0n) is 8.28. The summed E-state index contributed by atoms with van der Waals surface area (Å²) in [6, 6.07) is 0. The largest absolute Gasteiger partial charge is 0.153 e. The molecular formula is C11H23P. The van der Waals surface area contributed by atoms with Gasteiger partial charge in [-0.1, -0.05) is 38.5 Å². The Labute approximate surface area is 80.1 Å². The Bertz CT molecular complexity index is 99.5. The zero-order valence-corrected chi connectivity index (χ0v) is 9.69. The molecule has 0 aliphatic heterocycles. The monoisotopic (exact) mass is 186 g/mol. The molecule has 0 heterocycles. The molecule has 2 aliphatic carbocycles. The van der Waals surface area contributed by atoms with Crippen LogP contribution in [-0.4, -0.2) is 0 Å². The Balaban J connectivity index is 0.000000720. The molecule has 0 amide bonds. The number of hydrogen-bond acceptors (Lipinski definition) is 0. The summed E-state index contributed by atoms with van der Waals surface area (Å²) in [6.07, 6.45) is 15.4. The topological polar surface area (TPSA) is 0 Å². The van der Waals surface area contributed by atoms with Crippen LogP contribution >= 0.6 is 9.90 Å². The lowest BCUT2D eigenvalue weighted by Gasteiger charge is -2.40. The Kier molecular flexibility index (Phi) is 4.03. The van der Waals surface area contributed by atoms with Gasteiger partial charge < -0.3 is 0 Å². The molecule has 12 heavy (non-hydrogen) atoms. The summed E-state index contributed by atoms with van der Waals surface area (Å²) in [6.45, 7) is 0. The van der Waals surface area contributed by atoms with Crippen LogP contribution in [0.5, 0.6) is 0 Å². The van der Waals surface area contributed by atoms with Crippen LogP contribution in [0.1, 0.15) is 64.2 Å². The van der Waals surface area contributed by atoms with E-state index in [1.807, 2.05) is 0 Å². The van der Waals surface area contributed by atoms with E-state index in [0.29, 0.717) is 0 Å². The summed E-state index contributed by atoms with van der Waals surface area (Å²) >= 11 is 0. The molecule has 2 rings (SSSR count). The highest BCUT2D eigenvalue weighted by Crippen LogP contribution is 2.47. The quantitative estimate of drug-likeness (QED) is 0.502. The normalized spacial score (nSPS) is 28.0. The van der Waals surface area contributed by atoms with Gasteiger partial charge in [-0.25, -0.2) is 0 Å². The highest BCUT2D eigenvalue weighted by atomic mass is 31.0. The van der Waals surface area contributed by atoms with E-state index in [0.717, 1.165) is 5.41 Å². The van der Waals surface area contributed by atoms with Crippen LogP contribution in [0.15, 0.2) is 0 Å². The van der Waals surface area contributed by atoms with E-state index >= 15 is 0 Å². The summed E-state index contributed by atoms with van der Waals surface area (Å²) in [7, 11) is 0.